The second kappa shape index (κ2) is 45.8. The highest BCUT2D eigenvalue weighted by atomic mass is 16.6. The zero-order valence-corrected chi connectivity index (χ0v) is 41.7. The summed E-state index contributed by atoms with van der Waals surface area (Å²) in [5, 5.41) is 11.7. The SMILES string of the molecule is CCCCC/C=C/C=C/C=C/C=C/CCCCCCCC(=O)OCC(COCCC(C(=O)[O-])[N+](C)(C)C)OC(=O)CCCCCCCCCCCCCCCCCCCCCCC. The summed E-state index contributed by atoms with van der Waals surface area (Å²) in [4.78, 5) is 37.0. The standard InChI is InChI=1S/C55H99NO7/c1-6-8-10-12-14-16-18-20-22-24-26-27-28-30-32-34-36-38-40-42-44-46-54(58)63-51(49-61-48-47-52(55(59)60)56(3,4)5)50-62-53(57)45-43-41-39-37-35-33-31-29-25-23-21-19-17-15-13-11-9-7-2/h15,17,19,21,23,25,29,31,51-52H,6-14,16,18,20,22,24,26-28,30,32-50H2,1-5H3/b17-15+,21-19+,25-23+,31-29+. The van der Waals surface area contributed by atoms with E-state index in [1.807, 2.05) is 0 Å². The Labute approximate surface area is 388 Å². The van der Waals surface area contributed by atoms with Crippen molar-refractivity contribution in [2.24, 2.45) is 0 Å². The fourth-order valence-corrected chi connectivity index (χ4v) is 7.73. The fourth-order valence-electron chi connectivity index (χ4n) is 7.73. The summed E-state index contributed by atoms with van der Waals surface area (Å²) in [6.45, 7) is 4.63. The van der Waals surface area contributed by atoms with E-state index in [0.29, 0.717) is 12.8 Å². The number of nitrogens with zero attached hydrogens (tertiary/aromatic N) is 1. The molecule has 0 N–H and O–H groups in total. The molecule has 0 spiro atoms. The zero-order valence-electron chi connectivity index (χ0n) is 41.7. The van der Waals surface area contributed by atoms with E-state index in [0.717, 1.165) is 64.2 Å². The van der Waals surface area contributed by atoms with Gasteiger partial charge < -0.3 is 28.6 Å². The molecule has 0 saturated carbocycles. The molecule has 0 rings (SSSR count). The van der Waals surface area contributed by atoms with Crippen LogP contribution < -0.4 is 5.11 Å². The maximum absolute atomic E-state index is 12.8. The minimum Gasteiger partial charge on any atom is -0.544 e. The molecule has 2 atom stereocenters. The average Bonchev–Trinajstić information content (AvgIpc) is 3.24. The number of carbonyl (C=O) groups excluding carboxylic acids is 3. The molecule has 0 bridgehead atoms. The number of quaternary nitrogens is 1. The van der Waals surface area contributed by atoms with Crippen molar-refractivity contribution in [2.45, 2.75) is 244 Å². The van der Waals surface area contributed by atoms with Crippen LogP contribution in [0.2, 0.25) is 0 Å². The molecule has 0 fully saturated rings. The third kappa shape index (κ3) is 44.3. The van der Waals surface area contributed by atoms with E-state index in [1.54, 1.807) is 21.1 Å². The number of likely N-dealkylation sites (N-methyl/N-ethyl adjacent to an activating group) is 1. The van der Waals surface area contributed by atoms with Crippen LogP contribution in [-0.4, -0.2) is 75.5 Å². The summed E-state index contributed by atoms with van der Waals surface area (Å²) < 4.78 is 17.2. The predicted molar refractivity (Wildman–Crippen MR) is 263 cm³/mol. The highest BCUT2D eigenvalue weighted by molar-refractivity contribution is 5.70. The van der Waals surface area contributed by atoms with Gasteiger partial charge in [0.25, 0.3) is 0 Å². The summed E-state index contributed by atoms with van der Waals surface area (Å²) >= 11 is 0. The monoisotopic (exact) mass is 886 g/mol. The zero-order chi connectivity index (χ0) is 46.3. The summed E-state index contributed by atoms with van der Waals surface area (Å²) in [6.07, 6.45) is 55.7. The van der Waals surface area contributed by atoms with Crippen LogP contribution in [0, 0.1) is 0 Å². The molecule has 0 heterocycles. The van der Waals surface area contributed by atoms with Crippen molar-refractivity contribution in [1.29, 1.82) is 0 Å². The number of hydrogen-bond acceptors (Lipinski definition) is 7. The second-order valence-electron chi connectivity index (χ2n) is 18.9. The normalized spacial score (nSPS) is 13.2. The van der Waals surface area contributed by atoms with E-state index in [1.165, 1.54) is 135 Å². The fraction of sp³-hybridized carbons (Fsp3) is 0.800. The maximum atomic E-state index is 12.8. The van der Waals surface area contributed by atoms with Crippen LogP contribution in [0.25, 0.3) is 0 Å². The molecule has 0 amide bonds. The van der Waals surface area contributed by atoms with Gasteiger partial charge in [0, 0.05) is 19.3 Å². The highest BCUT2D eigenvalue weighted by Gasteiger charge is 2.25. The number of rotatable bonds is 47. The molecule has 63 heavy (non-hydrogen) atoms. The van der Waals surface area contributed by atoms with Crippen LogP contribution in [0.5, 0.6) is 0 Å². The van der Waals surface area contributed by atoms with Gasteiger partial charge in [-0.25, -0.2) is 0 Å². The van der Waals surface area contributed by atoms with E-state index in [-0.39, 0.29) is 42.7 Å². The molecule has 2 unspecified atom stereocenters. The lowest BCUT2D eigenvalue weighted by atomic mass is 10.0. The molecule has 0 aromatic carbocycles. The lowest BCUT2D eigenvalue weighted by Crippen LogP contribution is -2.55. The first kappa shape index (κ1) is 60.3. The molecule has 0 radical (unpaired) electrons. The molecule has 366 valence electrons. The summed E-state index contributed by atoms with van der Waals surface area (Å²) in [7, 11) is 5.41. The van der Waals surface area contributed by atoms with Gasteiger partial charge in [-0.2, -0.15) is 0 Å². The van der Waals surface area contributed by atoms with Crippen molar-refractivity contribution in [3.05, 3.63) is 48.6 Å². The van der Waals surface area contributed by atoms with Crippen LogP contribution in [-0.2, 0) is 28.6 Å². The van der Waals surface area contributed by atoms with Crippen LogP contribution in [0.4, 0.5) is 0 Å². The molecule has 0 aliphatic rings. The lowest BCUT2D eigenvalue weighted by Gasteiger charge is -2.34. The summed E-state index contributed by atoms with van der Waals surface area (Å²) in [6, 6.07) is -0.730. The minimum absolute atomic E-state index is 0.0344. The molecule has 0 aromatic rings. The van der Waals surface area contributed by atoms with E-state index in [9.17, 15) is 19.5 Å². The number of unbranched alkanes of at least 4 members (excludes halogenated alkanes) is 28. The van der Waals surface area contributed by atoms with E-state index in [4.69, 9.17) is 14.2 Å². The van der Waals surface area contributed by atoms with Gasteiger partial charge in [-0.15, -0.1) is 0 Å². The van der Waals surface area contributed by atoms with Gasteiger partial charge >= 0.3 is 11.9 Å². The van der Waals surface area contributed by atoms with E-state index < -0.39 is 18.1 Å². The number of aliphatic carboxylic acids is 1. The Bertz CT molecular complexity index is 1170. The molecule has 0 aliphatic heterocycles. The quantitative estimate of drug-likeness (QED) is 0.0259. The van der Waals surface area contributed by atoms with Crippen LogP contribution in [0.1, 0.15) is 232 Å². The number of hydrogen-bond donors (Lipinski definition) is 0. The van der Waals surface area contributed by atoms with Crippen molar-refractivity contribution in [3.8, 4) is 0 Å². The van der Waals surface area contributed by atoms with Gasteiger partial charge in [0.1, 0.15) is 12.6 Å². The Morgan fingerprint density at radius 3 is 1.27 bits per heavy atom. The molecule has 8 heteroatoms. The number of carbonyl (C=O) groups is 3. The Morgan fingerprint density at radius 2 is 0.841 bits per heavy atom. The molecular weight excluding hydrogens is 787 g/mol. The van der Waals surface area contributed by atoms with Gasteiger partial charge in [0.15, 0.2) is 6.10 Å². The second-order valence-corrected chi connectivity index (χ2v) is 18.9. The van der Waals surface area contributed by atoms with E-state index in [2.05, 4.69) is 62.5 Å². The summed E-state index contributed by atoms with van der Waals surface area (Å²) in [5.41, 5.74) is 0. The first-order chi connectivity index (χ1) is 30.6. The van der Waals surface area contributed by atoms with Gasteiger partial charge in [-0.1, -0.05) is 223 Å². The molecule has 8 nitrogen and oxygen atoms in total. The highest BCUT2D eigenvalue weighted by Crippen LogP contribution is 2.16. The van der Waals surface area contributed by atoms with Crippen molar-refractivity contribution >= 4 is 17.9 Å². The first-order valence-electron chi connectivity index (χ1n) is 26.2. The topological polar surface area (TPSA) is 102 Å². The van der Waals surface area contributed by atoms with Crippen LogP contribution in [0.15, 0.2) is 48.6 Å². The van der Waals surface area contributed by atoms with Crippen LogP contribution in [0.3, 0.4) is 0 Å². The van der Waals surface area contributed by atoms with Crippen molar-refractivity contribution in [3.63, 3.8) is 0 Å². The number of allylic oxidation sites excluding steroid dienone is 8. The van der Waals surface area contributed by atoms with Gasteiger partial charge in [-0.05, 0) is 38.5 Å². The van der Waals surface area contributed by atoms with Gasteiger partial charge in [0.05, 0.1) is 40.3 Å². The van der Waals surface area contributed by atoms with Gasteiger partial charge in [-0.3, -0.25) is 9.59 Å². The summed E-state index contributed by atoms with van der Waals surface area (Å²) in [5.74, 6) is -1.75. The third-order valence-electron chi connectivity index (χ3n) is 11.8. The number of carboxylic acids is 1. The smallest absolute Gasteiger partial charge is 0.306 e. The lowest BCUT2D eigenvalue weighted by molar-refractivity contribution is -0.889. The Morgan fingerprint density at radius 1 is 0.476 bits per heavy atom. The molecule has 0 aliphatic carbocycles. The van der Waals surface area contributed by atoms with E-state index >= 15 is 0 Å². The molecule has 0 saturated heterocycles. The number of ether oxygens (including phenoxy) is 3. The van der Waals surface area contributed by atoms with Crippen molar-refractivity contribution in [2.75, 3.05) is 41.0 Å². The first-order valence-corrected chi connectivity index (χ1v) is 26.2. The van der Waals surface area contributed by atoms with Crippen molar-refractivity contribution in [1.82, 2.24) is 0 Å². The van der Waals surface area contributed by atoms with Crippen molar-refractivity contribution < 1.29 is 38.2 Å². The predicted octanol–water partition coefficient (Wildman–Crippen LogP) is 13.8. The maximum Gasteiger partial charge on any atom is 0.306 e. The number of esters is 2. The van der Waals surface area contributed by atoms with Gasteiger partial charge in [0.2, 0.25) is 0 Å². The molecule has 0 aromatic heterocycles. The van der Waals surface area contributed by atoms with Crippen LogP contribution >= 0.6 is 0 Å². The Balaban J connectivity index is 4.26. The Kier molecular flexibility index (Phi) is 43.9. The third-order valence-corrected chi connectivity index (χ3v) is 11.8. The largest absolute Gasteiger partial charge is 0.544 e. The number of carboxylic acid groups (broad SMARTS) is 1. The molecular formula is C55H99NO7. The minimum atomic E-state index is -1.13. The Hall–Kier alpha value is -2.71. The average molecular weight is 886 g/mol.